The van der Waals surface area contributed by atoms with Crippen molar-refractivity contribution in [1.82, 2.24) is 0 Å². The first-order valence-corrected chi connectivity index (χ1v) is 12.5. The second-order valence-corrected chi connectivity index (χ2v) is 12.9. The molecule has 0 radical (unpaired) electrons. The SMILES string of the molecule is CC(=O)OC/C=C/C[C@H](O)[C@@H](O)CO[Si](c1ccccc1)(c1ccccc1)C(C)(C)C. The molecule has 0 aliphatic carbocycles. The van der Waals surface area contributed by atoms with Gasteiger partial charge < -0.3 is 19.4 Å². The highest BCUT2D eigenvalue weighted by molar-refractivity contribution is 6.99. The Morgan fingerprint density at radius 1 is 0.935 bits per heavy atom. The van der Waals surface area contributed by atoms with Gasteiger partial charge in [-0.05, 0) is 21.8 Å². The van der Waals surface area contributed by atoms with E-state index >= 15 is 0 Å². The molecule has 2 aromatic carbocycles. The smallest absolute Gasteiger partial charge is 0.302 e. The summed E-state index contributed by atoms with van der Waals surface area (Å²) in [5.74, 6) is -0.357. The van der Waals surface area contributed by atoms with Crippen LogP contribution in [0.25, 0.3) is 0 Å². The first kappa shape index (κ1) is 25.0. The van der Waals surface area contributed by atoms with E-state index < -0.39 is 20.5 Å². The van der Waals surface area contributed by atoms with Crippen LogP contribution in [0.3, 0.4) is 0 Å². The van der Waals surface area contributed by atoms with Gasteiger partial charge in [-0.15, -0.1) is 0 Å². The van der Waals surface area contributed by atoms with Gasteiger partial charge in [0.2, 0.25) is 0 Å². The maximum absolute atomic E-state index is 10.8. The molecule has 0 heterocycles. The second kappa shape index (κ2) is 11.4. The van der Waals surface area contributed by atoms with E-state index in [1.165, 1.54) is 6.92 Å². The Morgan fingerprint density at radius 2 is 1.45 bits per heavy atom. The molecule has 2 atom stereocenters. The summed E-state index contributed by atoms with van der Waals surface area (Å²) in [4.78, 5) is 10.8. The molecule has 0 saturated heterocycles. The Bertz CT molecular complexity index is 790. The summed E-state index contributed by atoms with van der Waals surface area (Å²) in [6.45, 7) is 8.01. The van der Waals surface area contributed by atoms with Crippen LogP contribution in [0.15, 0.2) is 72.8 Å². The van der Waals surface area contributed by atoms with E-state index in [4.69, 9.17) is 9.16 Å². The van der Waals surface area contributed by atoms with Crippen LogP contribution in [-0.2, 0) is 14.0 Å². The molecule has 5 nitrogen and oxygen atoms in total. The summed E-state index contributed by atoms with van der Waals surface area (Å²) in [6.07, 6.45) is 1.57. The number of rotatable bonds is 10. The number of esters is 1. The quantitative estimate of drug-likeness (QED) is 0.336. The van der Waals surface area contributed by atoms with Gasteiger partial charge in [0, 0.05) is 6.92 Å². The molecule has 0 unspecified atom stereocenters. The molecular formula is C25H34O5Si. The van der Waals surface area contributed by atoms with E-state index in [-0.39, 0.29) is 30.6 Å². The van der Waals surface area contributed by atoms with Gasteiger partial charge in [0.1, 0.15) is 12.7 Å². The largest absolute Gasteiger partial charge is 0.462 e. The third-order valence-corrected chi connectivity index (χ3v) is 10.3. The second-order valence-electron chi connectivity index (χ2n) is 8.62. The van der Waals surface area contributed by atoms with E-state index in [0.29, 0.717) is 0 Å². The fraction of sp³-hybridized carbons (Fsp3) is 0.400. The van der Waals surface area contributed by atoms with Crippen LogP contribution in [0, 0.1) is 0 Å². The zero-order valence-electron chi connectivity index (χ0n) is 18.8. The lowest BCUT2D eigenvalue weighted by Crippen LogP contribution is -2.67. The lowest BCUT2D eigenvalue weighted by Gasteiger charge is -2.43. The van der Waals surface area contributed by atoms with Gasteiger partial charge in [0.25, 0.3) is 8.32 Å². The average Bonchev–Trinajstić information content (AvgIpc) is 2.74. The van der Waals surface area contributed by atoms with Crippen LogP contribution in [0.2, 0.25) is 5.04 Å². The summed E-state index contributed by atoms with van der Waals surface area (Å²) in [6, 6.07) is 20.4. The molecule has 0 aromatic heterocycles. The highest BCUT2D eigenvalue weighted by atomic mass is 28.4. The van der Waals surface area contributed by atoms with Crippen molar-refractivity contribution in [3.63, 3.8) is 0 Å². The van der Waals surface area contributed by atoms with E-state index in [1.807, 2.05) is 36.4 Å². The molecule has 0 aliphatic rings. The zero-order chi connectivity index (χ0) is 22.9. The van der Waals surface area contributed by atoms with Crippen molar-refractivity contribution in [3.8, 4) is 0 Å². The van der Waals surface area contributed by atoms with E-state index in [2.05, 4.69) is 45.0 Å². The van der Waals surface area contributed by atoms with Crippen LogP contribution in [-0.4, -0.2) is 49.9 Å². The average molecular weight is 443 g/mol. The Balaban J connectivity index is 2.22. The van der Waals surface area contributed by atoms with Crippen molar-refractivity contribution in [3.05, 3.63) is 72.8 Å². The first-order chi connectivity index (χ1) is 14.7. The number of aliphatic hydroxyl groups excluding tert-OH is 2. The van der Waals surface area contributed by atoms with Crippen molar-refractivity contribution >= 4 is 24.7 Å². The predicted octanol–water partition coefficient (Wildman–Crippen LogP) is 2.79. The maximum atomic E-state index is 10.8. The Labute approximate surface area is 186 Å². The highest BCUT2D eigenvalue weighted by Crippen LogP contribution is 2.36. The number of aliphatic hydroxyl groups is 2. The normalized spacial score (nSPS) is 14.4. The minimum Gasteiger partial charge on any atom is -0.462 e. The first-order valence-electron chi connectivity index (χ1n) is 10.6. The minimum absolute atomic E-state index is 0.0201. The molecule has 0 amide bonds. The standard InChI is InChI=1S/C25H34O5Si/c1-20(26)29-18-12-11-17-23(27)24(28)19-30-31(25(2,3)4,21-13-7-5-8-14-21)22-15-9-6-10-16-22/h5-16,23-24,27-28H,17-19H2,1-4H3/b12-11+/t23-,24-/m0/s1. The topological polar surface area (TPSA) is 76.0 Å². The highest BCUT2D eigenvalue weighted by Gasteiger charge is 2.50. The van der Waals surface area contributed by atoms with Gasteiger partial charge in [-0.25, -0.2) is 0 Å². The molecule has 0 aliphatic heterocycles. The number of hydrogen-bond donors (Lipinski definition) is 2. The van der Waals surface area contributed by atoms with Crippen LogP contribution in [0.4, 0.5) is 0 Å². The number of carbonyl (C=O) groups excluding carboxylic acids is 1. The molecular weight excluding hydrogens is 408 g/mol. The molecule has 0 saturated carbocycles. The molecule has 2 rings (SSSR count). The molecule has 6 heteroatoms. The summed E-state index contributed by atoms with van der Waals surface area (Å²) in [5, 5.41) is 23.0. The maximum Gasteiger partial charge on any atom is 0.302 e. The summed E-state index contributed by atoms with van der Waals surface area (Å²) in [5.41, 5.74) is 0. The Morgan fingerprint density at radius 3 is 1.90 bits per heavy atom. The summed E-state index contributed by atoms with van der Waals surface area (Å²) < 4.78 is 11.5. The van der Waals surface area contributed by atoms with Crippen molar-refractivity contribution in [2.45, 2.75) is 51.4 Å². The number of ether oxygens (including phenoxy) is 1. The molecule has 31 heavy (non-hydrogen) atoms. The third kappa shape index (κ3) is 6.61. The van der Waals surface area contributed by atoms with Crippen molar-refractivity contribution in [2.24, 2.45) is 0 Å². The van der Waals surface area contributed by atoms with Gasteiger partial charge in [-0.2, -0.15) is 0 Å². The van der Waals surface area contributed by atoms with Crippen molar-refractivity contribution in [1.29, 1.82) is 0 Å². The molecule has 0 spiro atoms. The molecule has 0 fully saturated rings. The predicted molar refractivity (Wildman–Crippen MR) is 126 cm³/mol. The zero-order valence-corrected chi connectivity index (χ0v) is 19.8. The Hall–Kier alpha value is -2.25. The van der Waals surface area contributed by atoms with Gasteiger partial charge in [0.05, 0.1) is 12.7 Å². The van der Waals surface area contributed by atoms with E-state index in [0.717, 1.165) is 10.4 Å². The van der Waals surface area contributed by atoms with Crippen LogP contribution in [0.1, 0.15) is 34.1 Å². The lowest BCUT2D eigenvalue weighted by atomic mass is 10.1. The van der Waals surface area contributed by atoms with E-state index in [1.54, 1.807) is 12.2 Å². The van der Waals surface area contributed by atoms with Crippen LogP contribution < -0.4 is 10.4 Å². The van der Waals surface area contributed by atoms with Gasteiger partial charge >= 0.3 is 5.97 Å². The third-order valence-electron chi connectivity index (χ3n) is 5.26. The number of hydrogen-bond acceptors (Lipinski definition) is 5. The van der Waals surface area contributed by atoms with Crippen LogP contribution >= 0.6 is 0 Å². The fourth-order valence-electron chi connectivity index (χ4n) is 3.71. The lowest BCUT2D eigenvalue weighted by molar-refractivity contribution is -0.139. The van der Waals surface area contributed by atoms with Crippen molar-refractivity contribution in [2.75, 3.05) is 13.2 Å². The van der Waals surface area contributed by atoms with Gasteiger partial charge in [-0.3, -0.25) is 4.79 Å². The molecule has 168 valence electrons. The minimum atomic E-state index is -2.76. The Kier molecular flexibility index (Phi) is 9.19. The fourth-order valence-corrected chi connectivity index (χ4v) is 8.29. The van der Waals surface area contributed by atoms with Gasteiger partial charge in [0.15, 0.2) is 0 Å². The summed E-state index contributed by atoms with van der Waals surface area (Å²) in [7, 11) is -2.76. The molecule has 0 bridgehead atoms. The van der Waals surface area contributed by atoms with Crippen molar-refractivity contribution < 1.29 is 24.2 Å². The number of carbonyl (C=O) groups is 1. The van der Waals surface area contributed by atoms with Gasteiger partial charge in [-0.1, -0.05) is 93.6 Å². The number of benzene rings is 2. The molecule has 2 aromatic rings. The summed E-state index contributed by atoms with van der Waals surface area (Å²) >= 11 is 0. The monoisotopic (exact) mass is 442 g/mol. The van der Waals surface area contributed by atoms with Crippen LogP contribution in [0.5, 0.6) is 0 Å². The molecule has 2 N–H and O–H groups in total. The van der Waals surface area contributed by atoms with E-state index in [9.17, 15) is 15.0 Å².